The molecule has 1 fully saturated rings. The topological polar surface area (TPSA) is 77.6 Å². The van der Waals surface area contributed by atoms with Gasteiger partial charge in [-0.25, -0.2) is 18.4 Å². The molecular formula is C11H19N5O2S. The number of sulfonamides is 1. The molecule has 0 amide bonds. The van der Waals surface area contributed by atoms with Crippen LogP contribution in [0.2, 0.25) is 0 Å². The van der Waals surface area contributed by atoms with Gasteiger partial charge in [-0.1, -0.05) is 0 Å². The Morgan fingerprint density at radius 2 is 1.95 bits per heavy atom. The van der Waals surface area contributed by atoms with E-state index in [1.807, 2.05) is 7.05 Å². The van der Waals surface area contributed by atoms with Gasteiger partial charge in [-0.15, -0.1) is 4.83 Å². The van der Waals surface area contributed by atoms with Crippen molar-refractivity contribution in [3.05, 3.63) is 18.3 Å². The zero-order chi connectivity index (χ0) is 13.9. The lowest BCUT2D eigenvalue weighted by molar-refractivity contribution is 0.134. The summed E-state index contributed by atoms with van der Waals surface area (Å²) in [5, 5.41) is 4.57. The maximum absolute atomic E-state index is 12.3. The molecule has 0 spiro atoms. The molecule has 1 aromatic heterocycles. The average molecular weight is 285 g/mol. The van der Waals surface area contributed by atoms with E-state index in [0.717, 1.165) is 13.1 Å². The fourth-order valence-corrected chi connectivity index (χ4v) is 3.17. The highest BCUT2D eigenvalue weighted by molar-refractivity contribution is 7.89. The van der Waals surface area contributed by atoms with Gasteiger partial charge in [-0.3, -0.25) is 0 Å². The smallest absolute Gasteiger partial charge is 0.273 e. The van der Waals surface area contributed by atoms with Gasteiger partial charge in [0.2, 0.25) is 0 Å². The molecule has 0 bridgehead atoms. The van der Waals surface area contributed by atoms with E-state index in [1.54, 1.807) is 24.2 Å². The van der Waals surface area contributed by atoms with Crippen molar-refractivity contribution in [1.29, 1.82) is 0 Å². The van der Waals surface area contributed by atoms with Gasteiger partial charge in [0, 0.05) is 39.4 Å². The highest BCUT2D eigenvalue weighted by Gasteiger charge is 2.24. The van der Waals surface area contributed by atoms with Crippen molar-refractivity contribution in [2.75, 3.05) is 45.6 Å². The highest BCUT2D eigenvalue weighted by atomic mass is 32.2. The molecule has 1 saturated heterocycles. The maximum Gasteiger partial charge on any atom is 0.273 e. The van der Waals surface area contributed by atoms with Gasteiger partial charge in [-0.05, 0) is 19.2 Å². The van der Waals surface area contributed by atoms with Crippen LogP contribution in [-0.2, 0) is 10.0 Å². The van der Waals surface area contributed by atoms with Crippen LogP contribution in [0.4, 0.5) is 5.69 Å². The number of rotatable bonds is 4. The molecule has 1 aliphatic rings. The normalized spacial score (nSPS) is 18.4. The Hall–Kier alpha value is -1.22. The molecule has 0 aliphatic carbocycles. The highest BCUT2D eigenvalue weighted by Crippen LogP contribution is 2.17. The second kappa shape index (κ2) is 5.83. The third-order valence-electron chi connectivity index (χ3n) is 3.05. The van der Waals surface area contributed by atoms with Gasteiger partial charge in [0.15, 0.2) is 5.03 Å². The molecule has 0 atom stereocenters. The molecule has 2 heterocycles. The molecule has 1 aromatic rings. The SMILES string of the molecule is CNc1cccnc1S(=O)(=O)NN1CCN(C)CC1. The number of hydrogen-bond acceptors (Lipinski definition) is 6. The van der Waals surface area contributed by atoms with Gasteiger partial charge in [0.25, 0.3) is 10.0 Å². The van der Waals surface area contributed by atoms with Crippen LogP contribution < -0.4 is 10.1 Å². The lowest BCUT2D eigenvalue weighted by Crippen LogP contribution is -2.52. The van der Waals surface area contributed by atoms with Gasteiger partial charge in [0.05, 0.1) is 5.69 Å². The summed E-state index contributed by atoms with van der Waals surface area (Å²) in [6.07, 6.45) is 1.47. The number of piperazine rings is 1. The molecule has 0 radical (unpaired) electrons. The molecule has 0 unspecified atom stereocenters. The molecule has 0 saturated carbocycles. The van der Waals surface area contributed by atoms with Crippen LogP contribution in [0.25, 0.3) is 0 Å². The Labute approximate surface area is 113 Å². The van der Waals surface area contributed by atoms with Crippen molar-refractivity contribution in [1.82, 2.24) is 19.7 Å². The van der Waals surface area contributed by atoms with E-state index in [9.17, 15) is 8.42 Å². The van der Waals surface area contributed by atoms with E-state index >= 15 is 0 Å². The van der Waals surface area contributed by atoms with Gasteiger partial charge >= 0.3 is 0 Å². The summed E-state index contributed by atoms with van der Waals surface area (Å²) in [6, 6.07) is 3.38. The number of nitrogens with zero attached hydrogens (tertiary/aromatic N) is 3. The Morgan fingerprint density at radius 1 is 1.26 bits per heavy atom. The Morgan fingerprint density at radius 3 is 2.58 bits per heavy atom. The predicted octanol–water partition coefficient (Wildman–Crippen LogP) is -0.436. The third kappa shape index (κ3) is 3.41. The first-order valence-electron chi connectivity index (χ1n) is 6.11. The molecule has 8 heteroatoms. The number of anilines is 1. The monoisotopic (exact) mass is 285 g/mol. The third-order valence-corrected chi connectivity index (χ3v) is 4.38. The second-order valence-corrected chi connectivity index (χ2v) is 6.07. The van der Waals surface area contributed by atoms with Crippen molar-refractivity contribution in [2.45, 2.75) is 5.03 Å². The zero-order valence-corrected chi connectivity index (χ0v) is 11.9. The quantitative estimate of drug-likeness (QED) is 0.781. The number of hydrogen-bond donors (Lipinski definition) is 2. The van der Waals surface area contributed by atoms with Crippen LogP contribution >= 0.6 is 0 Å². The van der Waals surface area contributed by atoms with Crippen LogP contribution in [0.15, 0.2) is 23.4 Å². The summed E-state index contributed by atoms with van der Waals surface area (Å²) >= 11 is 0. The van der Waals surface area contributed by atoms with E-state index in [2.05, 4.69) is 20.0 Å². The Kier molecular flexibility index (Phi) is 4.35. The number of pyridine rings is 1. The minimum atomic E-state index is -3.64. The summed E-state index contributed by atoms with van der Waals surface area (Å²) in [4.78, 5) is 8.69. The predicted molar refractivity (Wildman–Crippen MR) is 73.2 cm³/mol. The maximum atomic E-state index is 12.3. The minimum absolute atomic E-state index is 0.0245. The Bertz CT molecular complexity index is 526. The average Bonchev–Trinajstić information content (AvgIpc) is 2.41. The second-order valence-electron chi connectivity index (χ2n) is 4.49. The van der Waals surface area contributed by atoms with Crippen molar-refractivity contribution in [3.8, 4) is 0 Å². The van der Waals surface area contributed by atoms with Gasteiger partial charge in [0.1, 0.15) is 0 Å². The van der Waals surface area contributed by atoms with Gasteiger partial charge in [-0.2, -0.15) is 0 Å². The largest absolute Gasteiger partial charge is 0.386 e. The van der Waals surface area contributed by atoms with Crippen LogP contribution in [0.1, 0.15) is 0 Å². The molecule has 0 aromatic carbocycles. The van der Waals surface area contributed by atoms with Crippen LogP contribution in [-0.4, -0.2) is 63.6 Å². The van der Waals surface area contributed by atoms with Crippen molar-refractivity contribution in [3.63, 3.8) is 0 Å². The summed E-state index contributed by atoms with van der Waals surface area (Å²) in [6.45, 7) is 3.00. The minimum Gasteiger partial charge on any atom is -0.386 e. The first-order valence-corrected chi connectivity index (χ1v) is 7.60. The van der Waals surface area contributed by atoms with E-state index in [1.165, 1.54) is 6.20 Å². The first kappa shape index (κ1) is 14.2. The van der Waals surface area contributed by atoms with E-state index in [0.29, 0.717) is 18.8 Å². The van der Waals surface area contributed by atoms with Crippen molar-refractivity contribution < 1.29 is 8.42 Å². The van der Waals surface area contributed by atoms with Gasteiger partial charge < -0.3 is 10.2 Å². The van der Waals surface area contributed by atoms with Crippen LogP contribution in [0.5, 0.6) is 0 Å². The van der Waals surface area contributed by atoms with Crippen LogP contribution in [0, 0.1) is 0 Å². The van der Waals surface area contributed by atoms with Crippen molar-refractivity contribution in [2.24, 2.45) is 0 Å². The van der Waals surface area contributed by atoms with E-state index < -0.39 is 10.0 Å². The van der Waals surface area contributed by atoms with E-state index in [4.69, 9.17) is 0 Å². The number of hydrazine groups is 1. The fourth-order valence-electron chi connectivity index (χ4n) is 1.91. The summed E-state index contributed by atoms with van der Waals surface area (Å²) in [5.74, 6) is 0. The first-order chi connectivity index (χ1) is 9.03. The Balaban J connectivity index is 2.14. The standard InChI is InChI=1S/C11H19N5O2S/c1-12-10-4-3-5-13-11(10)19(17,18)14-16-8-6-15(2)7-9-16/h3-5,12,14H,6-9H2,1-2H3. The lowest BCUT2D eigenvalue weighted by atomic mass is 10.4. The molecule has 7 nitrogen and oxygen atoms in total. The molecule has 1 aliphatic heterocycles. The number of nitrogens with one attached hydrogen (secondary N) is 2. The number of likely N-dealkylation sites (N-methyl/N-ethyl adjacent to an activating group) is 1. The summed E-state index contributed by atoms with van der Waals surface area (Å²) in [7, 11) is 0.0537. The number of aromatic nitrogens is 1. The zero-order valence-electron chi connectivity index (χ0n) is 11.1. The molecular weight excluding hydrogens is 266 g/mol. The van der Waals surface area contributed by atoms with E-state index in [-0.39, 0.29) is 5.03 Å². The molecule has 106 valence electrons. The molecule has 2 N–H and O–H groups in total. The summed E-state index contributed by atoms with van der Waals surface area (Å²) < 4.78 is 24.6. The van der Waals surface area contributed by atoms with Crippen LogP contribution in [0.3, 0.4) is 0 Å². The lowest BCUT2D eigenvalue weighted by Gasteiger charge is -2.32. The summed E-state index contributed by atoms with van der Waals surface area (Å²) in [5.41, 5.74) is 0.490. The fraction of sp³-hybridized carbons (Fsp3) is 0.545. The molecule has 19 heavy (non-hydrogen) atoms. The van der Waals surface area contributed by atoms with Crippen molar-refractivity contribution >= 4 is 15.7 Å². The molecule has 2 rings (SSSR count).